The van der Waals surface area contributed by atoms with Gasteiger partial charge in [0.25, 0.3) is 5.91 Å². The van der Waals surface area contributed by atoms with Crippen LogP contribution in [0.2, 0.25) is 0 Å². The largest absolute Gasteiger partial charge is 0.348 e. The predicted octanol–water partition coefficient (Wildman–Crippen LogP) is 2.87. The van der Waals surface area contributed by atoms with Crippen molar-refractivity contribution in [2.24, 2.45) is 17.6 Å². The van der Waals surface area contributed by atoms with Crippen LogP contribution >= 0.6 is 12.4 Å². The first-order valence-corrected chi connectivity index (χ1v) is 8.32. The topological polar surface area (TPSA) is 84.2 Å². The van der Waals surface area contributed by atoms with Crippen LogP contribution in [-0.2, 0) is 4.79 Å². The highest BCUT2D eigenvalue weighted by molar-refractivity contribution is 5.96. The van der Waals surface area contributed by atoms with E-state index in [0.29, 0.717) is 30.4 Å². The second kappa shape index (κ2) is 9.04. The van der Waals surface area contributed by atoms with E-state index in [1.807, 2.05) is 20.8 Å². The Morgan fingerprint density at radius 2 is 1.96 bits per heavy atom. The molecule has 5 nitrogen and oxygen atoms in total. The Hall–Kier alpha value is -1.59. The molecule has 2 amide bonds. The van der Waals surface area contributed by atoms with Crippen LogP contribution in [0, 0.1) is 18.8 Å². The van der Waals surface area contributed by atoms with E-state index in [0.717, 1.165) is 24.1 Å². The number of carbonyl (C=O) groups is 2. The van der Waals surface area contributed by atoms with Crippen molar-refractivity contribution in [3.63, 3.8) is 0 Å². The van der Waals surface area contributed by atoms with Gasteiger partial charge in [0.1, 0.15) is 0 Å². The molecule has 1 atom stereocenters. The van der Waals surface area contributed by atoms with Crippen molar-refractivity contribution in [1.82, 2.24) is 5.32 Å². The molecule has 0 aliphatic heterocycles. The molecule has 0 spiro atoms. The molecule has 24 heavy (non-hydrogen) atoms. The zero-order valence-corrected chi connectivity index (χ0v) is 15.4. The molecule has 0 aromatic heterocycles. The fourth-order valence-corrected chi connectivity index (χ4v) is 2.64. The number of rotatable bonds is 7. The maximum absolute atomic E-state index is 12.3. The van der Waals surface area contributed by atoms with Gasteiger partial charge in [-0.05, 0) is 55.4 Å². The van der Waals surface area contributed by atoms with Gasteiger partial charge in [-0.15, -0.1) is 12.4 Å². The van der Waals surface area contributed by atoms with Crippen molar-refractivity contribution in [2.75, 3.05) is 11.9 Å². The van der Waals surface area contributed by atoms with Gasteiger partial charge >= 0.3 is 0 Å². The fraction of sp³-hybridized carbons (Fsp3) is 0.556. The minimum absolute atomic E-state index is 0. The number of benzene rings is 1. The van der Waals surface area contributed by atoms with Crippen LogP contribution in [0.1, 0.15) is 49.0 Å². The summed E-state index contributed by atoms with van der Waals surface area (Å²) in [5.41, 5.74) is 7.96. The van der Waals surface area contributed by atoms with E-state index in [2.05, 4.69) is 10.6 Å². The van der Waals surface area contributed by atoms with Crippen molar-refractivity contribution < 1.29 is 9.59 Å². The van der Waals surface area contributed by atoms with Gasteiger partial charge in [-0.3, -0.25) is 9.59 Å². The van der Waals surface area contributed by atoms with Crippen LogP contribution in [0.3, 0.4) is 0 Å². The van der Waals surface area contributed by atoms with Gasteiger partial charge in [0.05, 0.1) is 0 Å². The quantitative estimate of drug-likeness (QED) is 0.704. The van der Waals surface area contributed by atoms with Crippen molar-refractivity contribution in [3.05, 3.63) is 29.3 Å². The van der Waals surface area contributed by atoms with E-state index >= 15 is 0 Å². The highest BCUT2D eigenvalue weighted by atomic mass is 35.5. The van der Waals surface area contributed by atoms with Gasteiger partial charge in [0.15, 0.2) is 0 Å². The molecule has 0 heterocycles. The molecule has 2 rings (SSSR count). The average Bonchev–Trinajstić information content (AvgIpc) is 3.30. The molecule has 1 saturated carbocycles. The molecule has 6 heteroatoms. The Morgan fingerprint density at radius 1 is 1.29 bits per heavy atom. The highest BCUT2D eigenvalue weighted by Gasteiger charge is 2.31. The summed E-state index contributed by atoms with van der Waals surface area (Å²) in [5.74, 6) is 0.739. The molecule has 4 N–H and O–H groups in total. The van der Waals surface area contributed by atoms with Crippen LogP contribution < -0.4 is 16.4 Å². The third kappa shape index (κ3) is 5.80. The minimum Gasteiger partial charge on any atom is -0.348 e. The first kappa shape index (κ1) is 20.5. The third-order valence-corrected chi connectivity index (χ3v) is 4.12. The molecule has 0 radical (unpaired) electrons. The number of hydrogen-bond acceptors (Lipinski definition) is 3. The van der Waals surface area contributed by atoms with Gasteiger partial charge in [0.2, 0.25) is 5.91 Å². The molecule has 1 unspecified atom stereocenters. The number of aryl methyl sites for hydroxylation is 1. The van der Waals surface area contributed by atoms with Crippen molar-refractivity contribution >= 4 is 29.9 Å². The van der Waals surface area contributed by atoms with E-state index in [4.69, 9.17) is 5.73 Å². The van der Waals surface area contributed by atoms with E-state index in [1.54, 1.807) is 18.2 Å². The zero-order valence-electron chi connectivity index (χ0n) is 14.6. The normalized spacial score (nSPS) is 14.7. The van der Waals surface area contributed by atoms with Crippen LogP contribution in [0.5, 0.6) is 0 Å². The second-order valence-corrected chi connectivity index (χ2v) is 6.83. The molecule has 0 saturated heterocycles. The van der Waals surface area contributed by atoms with Crippen LogP contribution in [-0.4, -0.2) is 24.4 Å². The average molecular weight is 354 g/mol. The number of anilines is 1. The summed E-state index contributed by atoms with van der Waals surface area (Å²) in [6, 6.07) is 5.40. The maximum Gasteiger partial charge on any atom is 0.251 e. The summed E-state index contributed by atoms with van der Waals surface area (Å²) < 4.78 is 0. The van der Waals surface area contributed by atoms with E-state index in [1.165, 1.54) is 0 Å². The monoisotopic (exact) mass is 353 g/mol. The van der Waals surface area contributed by atoms with Crippen LogP contribution in [0.4, 0.5) is 5.69 Å². The van der Waals surface area contributed by atoms with E-state index < -0.39 is 0 Å². The first-order chi connectivity index (χ1) is 10.9. The number of carbonyl (C=O) groups excluding carboxylic acids is 2. The highest BCUT2D eigenvalue weighted by Crippen LogP contribution is 2.32. The second-order valence-electron chi connectivity index (χ2n) is 6.83. The van der Waals surface area contributed by atoms with E-state index in [-0.39, 0.29) is 30.3 Å². The van der Waals surface area contributed by atoms with Gasteiger partial charge < -0.3 is 16.4 Å². The summed E-state index contributed by atoms with van der Waals surface area (Å²) in [7, 11) is 0. The molecule has 1 aliphatic rings. The SMILES string of the molecule is Cc1cc(C(=O)NC(CN)C2CC2)ccc1NC(=O)CC(C)C.Cl. The van der Waals surface area contributed by atoms with Gasteiger partial charge in [-0.25, -0.2) is 0 Å². The zero-order chi connectivity index (χ0) is 17.0. The van der Waals surface area contributed by atoms with Crippen LogP contribution in [0.25, 0.3) is 0 Å². The molecule has 134 valence electrons. The summed E-state index contributed by atoms with van der Waals surface area (Å²) in [4.78, 5) is 24.2. The lowest BCUT2D eigenvalue weighted by atomic mass is 10.1. The molecule has 1 aromatic carbocycles. The molecule has 1 aromatic rings. The third-order valence-electron chi connectivity index (χ3n) is 4.12. The smallest absolute Gasteiger partial charge is 0.251 e. The molecule has 1 aliphatic carbocycles. The van der Waals surface area contributed by atoms with Crippen molar-refractivity contribution in [1.29, 1.82) is 0 Å². The Morgan fingerprint density at radius 3 is 2.46 bits per heavy atom. The Kier molecular flexibility index (Phi) is 7.70. The van der Waals surface area contributed by atoms with Gasteiger partial charge in [0, 0.05) is 30.3 Å². The lowest BCUT2D eigenvalue weighted by molar-refractivity contribution is -0.116. The van der Waals surface area contributed by atoms with Crippen molar-refractivity contribution in [2.45, 2.75) is 46.1 Å². The lowest BCUT2D eigenvalue weighted by Crippen LogP contribution is -2.41. The van der Waals surface area contributed by atoms with Gasteiger partial charge in [-0.1, -0.05) is 13.8 Å². The van der Waals surface area contributed by atoms with Gasteiger partial charge in [-0.2, -0.15) is 0 Å². The number of nitrogens with two attached hydrogens (primary N) is 1. The standard InChI is InChI=1S/C18H27N3O2.ClH/c1-11(2)8-17(22)20-15-7-6-14(9-12(15)3)18(23)21-16(10-19)13-4-5-13;/h6-7,9,11,13,16H,4-5,8,10,19H2,1-3H3,(H,20,22)(H,21,23);1H. The number of halogens is 1. The summed E-state index contributed by atoms with van der Waals surface area (Å²) in [5, 5.41) is 5.90. The summed E-state index contributed by atoms with van der Waals surface area (Å²) >= 11 is 0. The molecule has 0 bridgehead atoms. The Balaban J connectivity index is 0.00000288. The number of hydrogen-bond donors (Lipinski definition) is 3. The summed E-state index contributed by atoms with van der Waals surface area (Å²) in [6.07, 6.45) is 2.77. The number of amides is 2. The Labute approximate surface area is 150 Å². The Bertz CT molecular complexity index is 586. The van der Waals surface area contributed by atoms with E-state index in [9.17, 15) is 9.59 Å². The lowest BCUT2D eigenvalue weighted by Gasteiger charge is -2.17. The van der Waals surface area contributed by atoms with Crippen molar-refractivity contribution in [3.8, 4) is 0 Å². The summed E-state index contributed by atoms with van der Waals surface area (Å²) in [6.45, 7) is 6.38. The molecule has 1 fully saturated rings. The first-order valence-electron chi connectivity index (χ1n) is 8.32. The molecular weight excluding hydrogens is 326 g/mol. The predicted molar refractivity (Wildman–Crippen MR) is 99.5 cm³/mol. The molecular formula is C18H28ClN3O2. The maximum atomic E-state index is 12.3. The minimum atomic E-state index is -0.101. The van der Waals surface area contributed by atoms with Crippen LogP contribution in [0.15, 0.2) is 18.2 Å². The number of nitrogens with one attached hydrogen (secondary N) is 2. The fourth-order valence-electron chi connectivity index (χ4n) is 2.64.